The lowest BCUT2D eigenvalue weighted by atomic mass is 10.1. The zero-order valence-electron chi connectivity index (χ0n) is 11.7. The van der Waals surface area contributed by atoms with Gasteiger partial charge in [0.05, 0.1) is 11.4 Å². The minimum atomic E-state index is 0.741. The number of aromatic nitrogens is 2. The average molecular weight is 375 g/mol. The van der Waals surface area contributed by atoms with Crippen molar-refractivity contribution in [3.8, 4) is 16.9 Å². The van der Waals surface area contributed by atoms with Crippen molar-refractivity contribution in [1.82, 2.24) is 9.78 Å². The fourth-order valence-corrected chi connectivity index (χ4v) is 3.32. The van der Waals surface area contributed by atoms with Gasteiger partial charge in [-0.1, -0.05) is 45.7 Å². The first-order chi connectivity index (χ1) is 10.7. The van der Waals surface area contributed by atoms with Crippen LogP contribution in [0.15, 0.2) is 53.0 Å². The van der Waals surface area contributed by atoms with Crippen molar-refractivity contribution in [2.24, 2.45) is 0 Å². The third-order valence-corrected chi connectivity index (χ3v) is 4.57. The third kappa shape index (κ3) is 2.32. The molecule has 0 aliphatic carbocycles. The summed E-state index contributed by atoms with van der Waals surface area (Å²) in [7, 11) is 0. The molecule has 1 aliphatic rings. The van der Waals surface area contributed by atoms with Gasteiger partial charge in [0.2, 0.25) is 0 Å². The molecule has 0 fully saturated rings. The number of halogens is 2. The Labute approximate surface area is 142 Å². The van der Waals surface area contributed by atoms with Gasteiger partial charge in [-0.3, -0.25) is 0 Å². The third-order valence-electron chi connectivity index (χ3n) is 3.82. The SMILES string of the molecule is Clc1ccc(-c2nn(-c3cccc(Br)c3)c3c2CCN3)cc1. The highest BCUT2D eigenvalue weighted by molar-refractivity contribution is 9.10. The van der Waals surface area contributed by atoms with Crippen LogP contribution in [0, 0.1) is 0 Å². The van der Waals surface area contributed by atoms with E-state index < -0.39 is 0 Å². The van der Waals surface area contributed by atoms with Crippen molar-refractivity contribution in [2.45, 2.75) is 6.42 Å². The molecule has 2 heterocycles. The van der Waals surface area contributed by atoms with Gasteiger partial charge in [-0.25, -0.2) is 4.68 Å². The topological polar surface area (TPSA) is 29.9 Å². The van der Waals surface area contributed by atoms with Crippen LogP contribution in [-0.4, -0.2) is 16.3 Å². The number of nitrogens with zero attached hydrogens (tertiary/aromatic N) is 2. The summed E-state index contributed by atoms with van der Waals surface area (Å²) < 4.78 is 3.03. The van der Waals surface area contributed by atoms with Crippen LogP contribution in [0.1, 0.15) is 5.56 Å². The van der Waals surface area contributed by atoms with Crippen LogP contribution in [0.2, 0.25) is 5.02 Å². The second kappa shape index (κ2) is 5.45. The van der Waals surface area contributed by atoms with Crippen LogP contribution in [0.3, 0.4) is 0 Å². The molecule has 0 saturated carbocycles. The van der Waals surface area contributed by atoms with E-state index in [1.54, 1.807) is 0 Å². The number of rotatable bonds is 2. The van der Waals surface area contributed by atoms with Crippen LogP contribution < -0.4 is 5.32 Å². The summed E-state index contributed by atoms with van der Waals surface area (Å²) in [5, 5.41) is 9.02. The van der Waals surface area contributed by atoms with Crippen molar-refractivity contribution >= 4 is 33.3 Å². The minimum Gasteiger partial charge on any atom is -0.369 e. The Hall–Kier alpha value is -1.78. The number of hydrogen-bond donors (Lipinski definition) is 1. The van der Waals surface area contributed by atoms with Gasteiger partial charge in [-0.05, 0) is 36.8 Å². The van der Waals surface area contributed by atoms with E-state index in [0.717, 1.165) is 45.2 Å². The second-order valence-electron chi connectivity index (χ2n) is 5.25. The Kier molecular flexibility index (Phi) is 3.43. The van der Waals surface area contributed by atoms with Gasteiger partial charge in [0.25, 0.3) is 0 Å². The summed E-state index contributed by atoms with van der Waals surface area (Å²) in [5.74, 6) is 1.09. The van der Waals surface area contributed by atoms with Crippen molar-refractivity contribution in [3.05, 3.63) is 63.6 Å². The lowest BCUT2D eigenvalue weighted by Gasteiger charge is -2.06. The molecule has 2 aromatic carbocycles. The molecule has 0 unspecified atom stereocenters. The fourth-order valence-electron chi connectivity index (χ4n) is 2.81. The Morgan fingerprint density at radius 2 is 1.95 bits per heavy atom. The zero-order chi connectivity index (χ0) is 15.1. The number of fused-ring (bicyclic) bond motifs is 1. The molecule has 110 valence electrons. The van der Waals surface area contributed by atoms with E-state index >= 15 is 0 Å². The first-order valence-electron chi connectivity index (χ1n) is 7.10. The molecule has 3 nitrogen and oxygen atoms in total. The maximum Gasteiger partial charge on any atom is 0.133 e. The van der Waals surface area contributed by atoms with E-state index in [2.05, 4.69) is 33.4 Å². The predicted octanol–water partition coefficient (Wildman–Crippen LogP) is 4.92. The molecule has 0 bridgehead atoms. The smallest absolute Gasteiger partial charge is 0.133 e. The minimum absolute atomic E-state index is 0.741. The van der Waals surface area contributed by atoms with Crippen molar-refractivity contribution in [1.29, 1.82) is 0 Å². The molecule has 5 heteroatoms. The molecule has 22 heavy (non-hydrogen) atoms. The maximum atomic E-state index is 5.99. The van der Waals surface area contributed by atoms with Gasteiger partial charge in [-0.15, -0.1) is 0 Å². The maximum absolute atomic E-state index is 5.99. The summed E-state index contributed by atoms with van der Waals surface area (Å²) in [6, 6.07) is 16.0. The lowest BCUT2D eigenvalue weighted by Crippen LogP contribution is -2.04. The molecular weight excluding hydrogens is 362 g/mol. The molecule has 0 radical (unpaired) electrons. The van der Waals surface area contributed by atoms with E-state index in [-0.39, 0.29) is 0 Å². The Morgan fingerprint density at radius 1 is 1.14 bits per heavy atom. The molecule has 4 rings (SSSR count). The highest BCUT2D eigenvalue weighted by Crippen LogP contribution is 2.35. The van der Waals surface area contributed by atoms with Crippen LogP contribution in [-0.2, 0) is 6.42 Å². The molecule has 1 N–H and O–H groups in total. The normalized spacial score (nSPS) is 13.0. The van der Waals surface area contributed by atoms with Gasteiger partial charge in [0, 0.05) is 27.2 Å². The zero-order valence-corrected chi connectivity index (χ0v) is 14.0. The van der Waals surface area contributed by atoms with Crippen LogP contribution in [0.4, 0.5) is 5.82 Å². The van der Waals surface area contributed by atoms with E-state index in [4.69, 9.17) is 16.7 Å². The number of hydrogen-bond acceptors (Lipinski definition) is 2. The predicted molar refractivity (Wildman–Crippen MR) is 93.9 cm³/mol. The Bertz CT molecular complexity index is 840. The van der Waals surface area contributed by atoms with Crippen molar-refractivity contribution in [3.63, 3.8) is 0 Å². The molecule has 0 atom stereocenters. The molecule has 0 spiro atoms. The van der Waals surface area contributed by atoms with Crippen LogP contribution >= 0.6 is 27.5 Å². The summed E-state index contributed by atoms with van der Waals surface area (Å²) in [6.45, 7) is 0.946. The van der Waals surface area contributed by atoms with Crippen LogP contribution in [0.25, 0.3) is 16.9 Å². The lowest BCUT2D eigenvalue weighted by molar-refractivity contribution is 0.882. The number of benzene rings is 2. The first kappa shape index (κ1) is 13.9. The molecule has 0 saturated heterocycles. The highest BCUT2D eigenvalue weighted by Gasteiger charge is 2.23. The van der Waals surface area contributed by atoms with E-state index in [1.165, 1.54) is 5.56 Å². The summed E-state index contributed by atoms with van der Waals surface area (Å²) in [5.41, 5.74) is 4.43. The van der Waals surface area contributed by atoms with E-state index in [9.17, 15) is 0 Å². The molecule has 0 amide bonds. The molecular formula is C17H13BrClN3. The van der Waals surface area contributed by atoms with Gasteiger partial charge >= 0.3 is 0 Å². The first-order valence-corrected chi connectivity index (χ1v) is 8.27. The van der Waals surface area contributed by atoms with E-state index in [1.807, 2.05) is 41.1 Å². The summed E-state index contributed by atoms with van der Waals surface area (Å²) in [6.07, 6.45) is 0.987. The monoisotopic (exact) mass is 373 g/mol. The molecule has 3 aromatic rings. The van der Waals surface area contributed by atoms with Gasteiger partial charge in [0.1, 0.15) is 5.82 Å². The van der Waals surface area contributed by atoms with Gasteiger partial charge < -0.3 is 5.32 Å². The van der Waals surface area contributed by atoms with Gasteiger partial charge in [-0.2, -0.15) is 5.10 Å². The average Bonchev–Trinajstić information content (AvgIpc) is 3.10. The second-order valence-corrected chi connectivity index (χ2v) is 6.60. The fraction of sp³-hybridized carbons (Fsp3) is 0.118. The van der Waals surface area contributed by atoms with E-state index in [0.29, 0.717) is 0 Å². The summed E-state index contributed by atoms with van der Waals surface area (Å²) >= 11 is 9.52. The number of anilines is 1. The Morgan fingerprint density at radius 3 is 2.73 bits per heavy atom. The van der Waals surface area contributed by atoms with Crippen LogP contribution in [0.5, 0.6) is 0 Å². The quantitative estimate of drug-likeness (QED) is 0.690. The van der Waals surface area contributed by atoms with Crippen molar-refractivity contribution < 1.29 is 0 Å². The summed E-state index contributed by atoms with van der Waals surface area (Å²) in [4.78, 5) is 0. The Balaban J connectivity index is 1.88. The number of nitrogens with one attached hydrogen (secondary N) is 1. The van der Waals surface area contributed by atoms with Crippen molar-refractivity contribution in [2.75, 3.05) is 11.9 Å². The molecule has 1 aromatic heterocycles. The standard InChI is InChI=1S/C17H13BrClN3/c18-12-2-1-3-14(10-12)22-17-15(8-9-20-17)16(21-22)11-4-6-13(19)7-5-11/h1-7,10,20H,8-9H2. The van der Waals surface area contributed by atoms with Gasteiger partial charge in [0.15, 0.2) is 0 Å². The molecule has 1 aliphatic heterocycles. The largest absolute Gasteiger partial charge is 0.369 e. The highest BCUT2D eigenvalue weighted by atomic mass is 79.9.